The van der Waals surface area contributed by atoms with Gasteiger partial charge >= 0.3 is 12.1 Å². The number of carbonyl (C=O) groups is 2. The van der Waals surface area contributed by atoms with Crippen LogP contribution in [0.1, 0.15) is 5.56 Å². The molecule has 26 heavy (non-hydrogen) atoms. The number of aliphatic carboxylic acids is 1. The number of rotatable bonds is 3. The molecule has 1 amide bonds. The van der Waals surface area contributed by atoms with Crippen LogP contribution in [0.2, 0.25) is 0 Å². The number of nitrogens with zero attached hydrogens (tertiary/aromatic N) is 2. The Hall–Kier alpha value is -2.14. The second-order valence-electron chi connectivity index (χ2n) is 6.33. The number of carboxylic acids is 1. The molecule has 2 aliphatic heterocycles. The lowest BCUT2D eigenvalue weighted by Gasteiger charge is -2.19. The van der Waals surface area contributed by atoms with Crippen molar-refractivity contribution < 1.29 is 36.3 Å². The van der Waals surface area contributed by atoms with E-state index in [0.717, 1.165) is 0 Å². The fourth-order valence-electron chi connectivity index (χ4n) is 3.30. The van der Waals surface area contributed by atoms with Crippen LogP contribution >= 0.6 is 0 Å². The second kappa shape index (κ2) is 5.95. The molecule has 1 fully saturated rings. The van der Waals surface area contributed by atoms with E-state index in [0.29, 0.717) is 15.6 Å². The van der Waals surface area contributed by atoms with Gasteiger partial charge in [0, 0.05) is 25.8 Å². The first kappa shape index (κ1) is 18.6. The van der Waals surface area contributed by atoms with Crippen molar-refractivity contribution in [1.29, 1.82) is 0 Å². The zero-order valence-corrected chi connectivity index (χ0v) is 14.3. The molecule has 0 spiro atoms. The molecule has 0 bridgehead atoms. The van der Waals surface area contributed by atoms with E-state index in [-0.39, 0.29) is 17.2 Å². The predicted molar refractivity (Wildman–Crippen MR) is 83.0 cm³/mol. The minimum atomic E-state index is -4.82. The Morgan fingerprint density at radius 2 is 1.92 bits per heavy atom. The molecule has 0 radical (unpaired) electrons. The van der Waals surface area contributed by atoms with Crippen molar-refractivity contribution in [3.63, 3.8) is 0 Å². The fourth-order valence-corrected chi connectivity index (χ4v) is 4.84. The predicted octanol–water partition coefficient (Wildman–Crippen LogP) is 1.09. The van der Waals surface area contributed by atoms with Crippen molar-refractivity contribution in [3.05, 3.63) is 23.8 Å². The van der Waals surface area contributed by atoms with Gasteiger partial charge in [0.2, 0.25) is 15.9 Å². The van der Waals surface area contributed by atoms with Gasteiger partial charge in [-0.25, -0.2) is 8.42 Å². The van der Waals surface area contributed by atoms with Gasteiger partial charge in [-0.1, -0.05) is 0 Å². The average Bonchev–Trinajstić information content (AvgIpc) is 3.10. The second-order valence-corrected chi connectivity index (χ2v) is 8.27. The smallest absolute Gasteiger partial charge is 0.393 e. The Morgan fingerprint density at radius 1 is 1.27 bits per heavy atom. The summed E-state index contributed by atoms with van der Waals surface area (Å²) in [5.74, 6) is -6.03. The number of hydrogen-bond donors (Lipinski definition) is 1. The fraction of sp³-hybridized carbons (Fsp3) is 0.467. The number of halogens is 3. The van der Waals surface area contributed by atoms with Gasteiger partial charge in [-0.15, -0.1) is 0 Å². The van der Waals surface area contributed by atoms with Crippen LogP contribution in [0, 0.1) is 11.8 Å². The highest BCUT2D eigenvalue weighted by molar-refractivity contribution is 7.89. The van der Waals surface area contributed by atoms with Gasteiger partial charge in [-0.05, 0) is 23.8 Å². The van der Waals surface area contributed by atoms with Crippen molar-refractivity contribution in [1.82, 2.24) is 4.31 Å². The lowest BCUT2D eigenvalue weighted by atomic mass is 9.96. The van der Waals surface area contributed by atoms with E-state index in [9.17, 15) is 31.2 Å². The normalized spacial score (nSPS) is 24.2. The van der Waals surface area contributed by atoms with Crippen LogP contribution in [0.25, 0.3) is 0 Å². The molecule has 0 aromatic heterocycles. The Morgan fingerprint density at radius 3 is 2.46 bits per heavy atom. The summed E-state index contributed by atoms with van der Waals surface area (Å²) < 4.78 is 65.2. The molecule has 1 N–H and O–H groups in total. The SMILES string of the molecule is CN1C(=O)Cc2cc(S(=O)(=O)N3C[C@@H](C(F)(F)F)[C@H](C(=O)O)C3)ccc21. The number of alkyl halides is 3. The molecule has 2 atom stereocenters. The number of anilines is 1. The first-order valence-electron chi connectivity index (χ1n) is 7.62. The first-order chi connectivity index (χ1) is 11.9. The maximum Gasteiger partial charge on any atom is 0.393 e. The van der Waals surface area contributed by atoms with Crippen LogP contribution in [-0.2, 0) is 26.0 Å². The molecule has 1 aromatic carbocycles. The average molecular weight is 392 g/mol. The minimum Gasteiger partial charge on any atom is -0.481 e. The highest BCUT2D eigenvalue weighted by Crippen LogP contribution is 2.40. The molecule has 142 valence electrons. The van der Waals surface area contributed by atoms with Crippen LogP contribution in [0.4, 0.5) is 18.9 Å². The van der Waals surface area contributed by atoms with Gasteiger partial charge in [0.25, 0.3) is 0 Å². The van der Waals surface area contributed by atoms with Crippen LogP contribution in [-0.4, -0.2) is 56.0 Å². The van der Waals surface area contributed by atoms with Gasteiger partial charge in [-0.2, -0.15) is 17.5 Å². The zero-order valence-electron chi connectivity index (χ0n) is 13.5. The Balaban J connectivity index is 1.94. The van der Waals surface area contributed by atoms with Crippen LogP contribution < -0.4 is 4.90 Å². The molecule has 0 saturated carbocycles. The number of carbonyl (C=O) groups excluding carboxylic acids is 1. The standard InChI is InChI=1S/C15H15F3N2O5S/c1-19-12-3-2-9(4-8(12)5-13(19)21)26(24,25)20-6-10(14(22)23)11(7-20)15(16,17)18/h2-4,10-11H,5-7H2,1H3,(H,22,23)/t10-,11-/m1/s1. The maximum absolute atomic E-state index is 13.1. The topological polar surface area (TPSA) is 95.0 Å². The third kappa shape index (κ3) is 2.94. The molecule has 2 aliphatic rings. The third-order valence-corrected chi connectivity index (χ3v) is 6.62. The van der Waals surface area contributed by atoms with E-state index in [1.165, 1.54) is 30.1 Å². The van der Waals surface area contributed by atoms with Crippen LogP contribution in [0.3, 0.4) is 0 Å². The number of likely N-dealkylation sites (N-methyl/N-ethyl adjacent to an activating group) is 1. The summed E-state index contributed by atoms with van der Waals surface area (Å²) in [5.41, 5.74) is 0.992. The van der Waals surface area contributed by atoms with Gasteiger partial charge in [0.15, 0.2) is 0 Å². The van der Waals surface area contributed by atoms with Crippen molar-refractivity contribution in [2.45, 2.75) is 17.5 Å². The molecule has 3 rings (SSSR count). The van der Waals surface area contributed by atoms with Crippen LogP contribution in [0.15, 0.2) is 23.1 Å². The van der Waals surface area contributed by atoms with E-state index in [2.05, 4.69) is 0 Å². The van der Waals surface area contributed by atoms with Gasteiger partial charge < -0.3 is 10.0 Å². The molecule has 0 unspecified atom stereocenters. The Kier molecular flexibility index (Phi) is 4.26. The maximum atomic E-state index is 13.1. The minimum absolute atomic E-state index is 0.00186. The molecule has 11 heteroatoms. The number of benzene rings is 1. The third-order valence-electron chi connectivity index (χ3n) is 4.79. The molecule has 2 heterocycles. The van der Waals surface area contributed by atoms with E-state index >= 15 is 0 Å². The van der Waals surface area contributed by atoms with Crippen molar-refractivity contribution in [2.75, 3.05) is 25.0 Å². The highest BCUT2D eigenvalue weighted by Gasteiger charge is 2.55. The summed E-state index contributed by atoms with van der Waals surface area (Å²) in [6.45, 7) is -1.70. The number of amides is 1. The summed E-state index contributed by atoms with van der Waals surface area (Å²) in [6.07, 6.45) is -4.82. The lowest BCUT2D eigenvalue weighted by molar-refractivity contribution is -0.187. The van der Waals surface area contributed by atoms with Crippen molar-refractivity contribution in [2.24, 2.45) is 11.8 Å². The first-order valence-corrected chi connectivity index (χ1v) is 9.06. The van der Waals surface area contributed by atoms with Crippen molar-refractivity contribution >= 4 is 27.6 Å². The van der Waals surface area contributed by atoms with E-state index in [1.807, 2.05) is 0 Å². The molecule has 1 aromatic rings. The molecule has 7 nitrogen and oxygen atoms in total. The number of hydrogen-bond acceptors (Lipinski definition) is 4. The van der Waals surface area contributed by atoms with E-state index < -0.39 is 47.1 Å². The van der Waals surface area contributed by atoms with Gasteiger partial charge in [0.1, 0.15) is 0 Å². The molecule has 1 saturated heterocycles. The molecular weight excluding hydrogens is 377 g/mol. The summed E-state index contributed by atoms with van der Waals surface area (Å²) in [5, 5.41) is 9.02. The zero-order chi connectivity index (χ0) is 19.4. The van der Waals surface area contributed by atoms with Crippen LogP contribution in [0.5, 0.6) is 0 Å². The summed E-state index contributed by atoms with van der Waals surface area (Å²) >= 11 is 0. The highest BCUT2D eigenvalue weighted by atomic mass is 32.2. The largest absolute Gasteiger partial charge is 0.481 e. The molecular formula is C15H15F3N2O5S. The number of sulfonamides is 1. The quantitative estimate of drug-likeness (QED) is 0.831. The Bertz CT molecular complexity index is 884. The van der Waals surface area contributed by atoms with E-state index in [1.54, 1.807) is 0 Å². The monoisotopic (exact) mass is 392 g/mol. The van der Waals surface area contributed by atoms with Gasteiger partial charge in [-0.3, -0.25) is 9.59 Å². The summed E-state index contributed by atoms with van der Waals surface area (Å²) in [6, 6.07) is 3.88. The Labute approximate surface area is 147 Å². The molecule has 0 aliphatic carbocycles. The lowest BCUT2D eigenvalue weighted by Crippen LogP contribution is -2.34. The van der Waals surface area contributed by atoms with Crippen molar-refractivity contribution in [3.8, 4) is 0 Å². The van der Waals surface area contributed by atoms with E-state index in [4.69, 9.17) is 5.11 Å². The summed E-state index contributed by atoms with van der Waals surface area (Å²) in [4.78, 5) is 23.9. The van der Waals surface area contributed by atoms with Gasteiger partial charge in [0.05, 0.1) is 23.2 Å². The number of carboxylic acid groups (broad SMARTS) is 1. The number of fused-ring (bicyclic) bond motifs is 1. The summed E-state index contributed by atoms with van der Waals surface area (Å²) in [7, 11) is -2.78.